The van der Waals surface area contributed by atoms with Gasteiger partial charge in [-0.15, -0.1) is 0 Å². The Morgan fingerprint density at radius 2 is 2.21 bits per heavy atom. The van der Waals surface area contributed by atoms with Crippen molar-refractivity contribution < 1.29 is 4.42 Å². The van der Waals surface area contributed by atoms with Crippen LogP contribution in [-0.4, -0.2) is 27.5 Å². The molecule has 0 saturated carbocycles. The van der Waals surface area contributed by atoms with Crippen molar-refractivity contribution in [3.8, 4) is 0 Å². The van der Waals surface area contributed by atoms with Crippen LogP contribution in [-0.2, 0) is 26.2 Å². The molecular formula is C14H20N4O. The van der Waals surface area contributed by atoms with Crippen molar-refractivity contribution in [2.45, 2.75) is 33.1 Å². The maximum Gasteiger partial charge on any atom is 0.122 e. The van der Waals surface area contributed by atoms with E-state index in [4.69, 9.17) is 4.42 Å². The van der Waals surface area contributed by atoms with E-state index in [0.29, 0.717) is 0 Å². The van der Waals surface area contributed by atoms with Crippen LogP contribution in [0.1, 0.15) is 24.3 Å². The van der Waals surface area contributed by atoms with E-state index in [1.54, 1.807) is 0 Å². The summed E-state index contributed by atoms with van der Waals surface area (Å²) >= 11 is 0. The molecule has 0 bridgehead atoms. The molecule has 1 aliphatic rings. The van der Waals surface area contributed by atoms with E-state index in [9.17, 15) is 0 Å². The fourth-order valence-electron chi connectivity index (χ4n) is 2.43. The summed E-state index contributed by atoms with van der Waals surface area (Å²) in [5.74, 6) is 3.19. The predicted molar refractivity (Wildman–Crippen MR) is 72.4 cm³/mol. The number of aromatic nitrogens is 2. The largest absolute Gasteiger partial charge is 0.463 e. The van der Waals surface area contributed by atoms with Crippen LogP contribution in [0.5, 0.6) is 0 Å². The highest BCUT2D eigenvalue weighted by atomic mass is 16.3. The highest BCUT2D eigenvalue weighted by Gasteiger charge is 2.17. The van der Waals surface area contributed by atoms with E-state index in [1.165, 1.54) is 0 Å². The van der Waals surface area contributed by atoms with Crippen molar-refractivity contribution in [2.75, 3.05) is 13.1 Å². The summed E-state index contributed by atoms with van der Waals surface area (Å²) in [6.45, 7) is 7.69. The molecule has 5 heteroatoms. The molecule has 2 aromatic heterocycles. The normalized spacial score (nSPS) is 15.6. The lowest BCUT2D eigenvalue weighted by Gasteiger charge is -2.26. The van der Waals surface area contributed by atoms with Crippen LogP contribution < -0.4 is 5.32 Å². The highest BCUT2D eigenvalue weighted by Crippen LogP contribution is 2.15. The molecule has 1 N–H and O–H groups in total. The van der Waals surface area contributed by atoms with Crippen LogP contribution in [0, 0.1) is 0 Å². The Balaban J connectivity index is 1.58. The number of furan rings is 1. The molecule has 5 nitrogen and oxygen atoms in total. The quantitative estimate of drug-likeness (QED) is 0.887. The number of imidazole rings is 1. The van der Waals surface area contributed by atoms with E-state index in [2.05, 4.69) is 38.8 Å². The Bertz CT molecular complexity index is 531. The van der Waals surface area contributed by atoms with Gasteiger partial charge in [-0.25, -0.2) is 4.98 Å². The molecule has 0 unspecified atom stereocenters. The Kier molecular flexibility index (Phi) is 3.66. The number of nitrogens with one attached hydrogen (secondary N) is 1. The van der Waals surface area contributed by atoms with Crippen LogP contribution >= 0.6 is 0 Å². The van der Waals surface area contributed by atoms with E-state index in [1.807, 2.05) is 12.4 Å². The SMILES string of the molecule is CCNCc1ccc(CN2CCn3ccnc3C2)o1. The Labute approximate surface area is 113 Å². The van der Waals surface area contributed by atoms with Crippen molar-refractivity contribution in [1.29, 1.82) is 0 Å². The fraction of sp³-hybridized carbons (Fsp3) is 0.500. The molecule has 0 amide bonds. The van der Waals surface area contributed by atoms with Gasteiger partial charge in [-0.05, 0) is 18.7 Å². The summed E-state index contributed by atoms with van der Waals surface area (Å²) in [5.41, 5.74) is 0. The third-order valence-corrected chi connectivity index (χ3v) is 3.47. The summed E-state index contributed by atoms with van der Waals surface area (Å²) in [6, 6.07) is 4.14. The van der Waals surface area contributed by atoms with Crippen molar-refractivity contribution in [2.24, 2.45) is 0 Å². The minimum atomic E-state index is 0.806. The number of rotatable bonds is 5. The molecule has 19 heavy (non-hydrogen) atoms. The second kappa shape index (κ2) is 5.59. The van der Waals surface area contributed by atoms with E-state index < -0.39 is 0 Å². The summed E-state index contributed by atoms with van der Waals surface area (Å²) in [5, 5.41) is 3.27. The van der Waals surface area contributed by atoms with Crippen LogP contribution in [0.25, 0.3) is 0 Å². The van der Waals surface area contributed by atoms with Gasteiger partial charge in [-0.1, -0.05) is 6.92 Å². The minimum absolute atomic E-state index is 0.806. The maximum absolute atomic E-state index is 5.83. The number of fused-ring (bicyclic) bond motifs is 1. The molecule has 0 aromatic carbocycles. The molecule has 2 aromatic rings. The fourth-order valence-corrected chi connectivity index (χ4v) is 2.43. The first-order valence-electron chi connectivity index (χ1n) is 6.86. The van der Waals surface area contributed by atoms with E-state index >= 15 is 0 Å². The molecule has 3 heterocycles. The monoisotopic (exact) mass is 260 g/mol. The van der Waals surface area contributed by atoms with Gasteiger partial charge in [0.2, 0.25) is 0 Å². The first-order valence-corrected chi connectivity index (χ1v) is 6.86. The van der Waals surface area contributed by atoms with Crippen LogP contribution in [0.15, 0.2) is 28.9 Å². The predicted octanol–water partition coefficient (Wildman–Crippen LogP) is 1.60. The summed E-state index contributed by atoms with van der Waals surface area (Å²) in [4.78, 5) is 6.75. The van der Waals surface area contributed by atoms with Gasteiger partial charge in [-0.3, -0.25) is 4.90 Å². The Hall–Kier alpha value is -1.59. The van der Waals surface area contributed by atoms with Gasteiger partial charge in [0.25, 0.3) is 0 Å². The lowest BCUT2D eigenvalue weighted by molar-refractivity contribution is 0.192. The standard InChI is InChI=1S/C14H20N4O/c1-2-15-9-12-3-4-13(19-12)10-17-7-8-18-6-5-16-14(18)11-17/h3-6,15H,2,7-11H2,1H3. The zero-order valence-electron chi connectivity index (χ0n) is 11.3. The number of nitrogens with zero attached hydrogens (tertiary/aromatic N) is 3. The van der Waals surface area contributed by atoms with Gasteiger partial charge in [0, 0.05) is 25.5 Å². The van der Waals surface area contributed by atoms with Crippen LogP contribution in [0.2, 0.25) is 0 Å². The second-order valence-corrected chi connectivity index (χ2v) is 4.90. The highest BCUT2D eigenvalue weighted by molar-refractivity contribution is 5.07. The smallest absolute Gasteiger partial charge is 0.122 e. The zero-order chi connectivity index (χ0) is 13.1. The van der Waals surface area contributed by atoms with E-state index in [-0.39, 0.29) is 0 Å². The average molecular weight is 260 g/mol. The van der Waals surface area contributed by atoms with E-state index in [0.717, 1.165) is 56.6 Å². The summed E-state index contributed by atoms with van der Waals surface area (Å²) in [6.07, 6.45) is 3.92. The molecular weight excluding hydrogens is 240 g/mol. The van der Waals surface area contributed by atoms with Gasteiger partial charge in [0.15, 0.2) is 0 Å². The van der Waals surface area contributed by atoms with Gasteiger partial charge in [-0.2, -0.15) is 0 Å². The van der Waals surface area contributed by atoms with Gasteiger partial charge in [0.05, 0.1) is 19.6 Å². The molecule has 0 fully saturated rings. The Morgan fingerprint density at radius 3 is 3.11 bits per heavy atom. The Morgan fingerprint density at radius 1 is 1.32 bits per heavy atom. The molecule has 0 spiro atoms. The van der Waals surface area contributed by atoms with Gasteiger partial charge >= 0.3 is 0 Å². The summed E-state index contributed by atoms with van der Waals surface area (Å²) < 4.78 is 8.04. The first-order chi connectivity index (χ1) is 9.35. The van der Waals surface area contributed by atoms with Crippen molar-refractivity contribution in [3.63, 3.8) is 0 Å². The molecule has 0 radical (unpaired) electrons. The van der Waals surface area contributed by atoms with Gasteiger partial charge < -0.3 is 14.3 Å². The van der Waals surface area contributed by atoms with Crippen LogP contribution in [0.3, 0.4) is 0 Å². The zero-order valence-corrected chi connectivity index (χ0v) is 11.3. The van der Waals surface area contributed by atoms with Gasteiger partial charge in [0.1, 0.15) is 17.3 Å². The third kappa shape index (κ3) is 2.88. The second-order valence-electron chi connectivity index (χ2n) is 4.90. The number of hydrogen-bond donors (Lipinski definition) is 1. The van der Waals surface area contributed by atoms with Crippen molar-refractivity contribution in [3.05, 3.63) is 41.9 Å². The lowest BCUT2D eigenvalue weighted by Crippen LogP contribution is -2.33. The molecule has 0 atom stereocenters. The minimum Gasteiger partial charge on any atom is -0.463 e. The molecule has 3 rings (SSSR count). The topological polar surface area (TPSA) is 46.2 Å². The molecule has 0 aliphatic carbocycles. The van der Waals surface area contributed by atoms with Crippen molar-refractivity contribution in [1.82, 2.24) is 19.8 Å². The maximum atomic E-state index is 5.83. The summed E-state index contributed by atoms with van der Waals surface area (Å²) in [7, 11) is 0. The van der Waals surface area contributed by atoms with Crippen LogP contribution in [0.4, 0.5) is 0 Å². The molecule has 102 valence electrons. The number of hydrogen-bond acceptors (Lipinski definition) is 4. The molecule has 0 saturated heterocycles. The van der Waals surface area contributed by atoms with Crippen molar-refractivity contribution >= 4 is 0 Å². The molecule has 1 aliphatic heterocycles. The third-order valence-electron chi connectivity index (χ3n) is 3.47. The lowest BCUT2D eigenvalue weighted by atomic mass is 10.3. The first kappa shape index (κ1) is 12.4. The average Bonchev–Trinajstić information content (AvgIpc) is 3.05.